The fraction of sp³-hybridized carbons (Fsp3) is 0.591. The van der Waals surface area contributed by atoms with Gasteiger partial charge in [0.25, 0.3) is 0 Å². The van der Waals surface area contributed by atoms with Gasteiger partial charge in [0.15, 0.2) is 0 Å². The van der Waals surface area contributed by atoms with Gasteiger partial charge in [0, 0.05) is 22.1 Å². The van der Waals surface area contributed by atoms with Gasteiger partial charge in [0.2, 0.25) is 17.7 Å². The number of nitrogens with one attached hydrogen (secondary N) is 1. The molecule has 1 aliphatic heterocycles. The van der Waals surface area contributed by atoms with Crippen molar-refractivity contribution in [2.75, 3.05) is 5.32 Å². The minimum absolute atomic E-state index is 0.0123. The van der Waals surface area contributed by atoms with E-state index in [2.05, 4.69) is 21.2 Å². The van der Waals surface area contributed by atoms with Gasteiger partial charge in [0.1, 0.15) is 0 Å². The second kappa shape index (κ2) is 6.97. The first-order valence-corrected chi connectivity index (χ1v) is 11.3. The van der Waals surface area contributed by atoms with E-state index >= 15 is 0 Å². The number of likely N-dealkylation sites (tertiary alicyclic amines) is 1. The first kappa shape index (κ1) is 18.3. The Morgan fingerprint density at radius 3 is 2.04 bits per heavy atom. The maximum atomic E-state index is 13.0. The molecule has 1 heterocycles. The first-order chi connectivity index (χ1) is 13.5. The van der Waals surface area contributed by atoms with Crippen molar-refractivity contribution in [3.05, 3.63) is 28.7 Å². The zero-order valence-corrected chi connectivity index (χ0v) is 17.4. The number of benzene rings is 1. The topological polar surface area (TPSA) is 66.5 Å². The number of nitrogens with zero attached hydrogens (tertiary/aromatic N) is 1. The molecule has 5 rings (SSSR count). The molecule has 1 aromatic carbocycles. The molecule has 148 valence electrons. The third kappa shape index (κ3) is 2.92. The lowest BCUT2D eigenvalue weighted by molar-refractivity contribution is -0.144. The zero-order valence-electron chi connectivity index (χ0n) is 15.8. The number of hydrogen-bond donors (Lipinski definition) is 1. The number of anilines is 1. The number of carbonyl (C=O) groups excluding carboxylic acids is 3. The Labute approximate surface area is 173 Å². The molecule has 2 bridgehead atoms. The molecule has 4 fully saturated rings. The smallest absolute Gasteiger partial charge is 0.233 e. The van der Waals surface area contributed by atoms with Crippen LogP contribution in [0.2, 0.25) is 0 Å². The number of carbonyl (C=O) groups is 3. The zero-order chi connectivity index (χ0) is 19.4. The summed E-state index contributed by atoms with van der Waals surface area (Å²) in [5, 5.41) is 2.99. The Hall–Kier alpha value is -1.69. The van der Waals surface area contributed by atoms with Gasteiger partial charge in [-0.05, 0) is 81.0 Å². The summed E-state index contributed by atoms with van der Waals surface area (Å²) in [4.78, 5) is 40.2. The van der Waals surface area contributed by atoms with Crippen LogP contribution >= 0.6 is 15.9 Å². The predicted molar refractivity (Wildman–Crippen MR) is 108 cm³/mol. The van der Waals surface area contributed by atoms with E-state index in [-0.39, 0.29) is 41.5 Å². The number of fused-ring (bicyclic) bond motifs is 5. The van der Waals surface area contributed by atoms with Gasteiger partial charge in [-0.15, -0.1) is 0 Å². The Balaban J connectivity index is 1.20. The normalized spacial score (nSPS) is 36.7. The van der Waals surface area contributed by atoms with Crippen LogP contribution in [0.4, 0.5) is 5.69 Å². The highest BCUT2D eigenvalue weighted by atomic mass is 79.9. The van der Waals surface area contributed by atoms with Crippen LogP contribution in [0.5, 0.6) is 0 Å². The van der Waals surface area contributed by atoms with Crippen molar-refractivity contribution in [3.63, 3.8) is 0 Å². The lowest BCUT2D eigenvalue weighted by Crippen LogP contribution is -2.44. The van der Waals surface area contributed by atoms with E-state index < -0.39 is 0 Å². The van der Waals surface area contributed by atoms with Crippen molar-refractivity contribution < 1.29 is 14.4 Å². The summed E-state index contributed by atoms with van der Waals surface area (Å²) in [6.45, 7) is 0. The largest absolute Gasteiger partial charge is 0.326 e. The molecule has 3 amide bonds. The van der Waals surface area contributed by atoms with Crippen LogP contribution in [0.1, 0.15) is 44.9 Å². The minimum Gasteiger partial charge on any atom is -0.326 e. The van der Waals surface area contributed by atoms with Crippen LogP contribution in [0.25, 0.3) is 0 Å². The summed E-state index contributed by atoms with van der Waals surface area (Å²) >= 11 is 3.39. The number of halogens is 1. The van der Waals surface area contributed by atoms with Crippen molar-refractivity contribution in [1.82, 2.24) is 4.90 Å². The summed E-state index contributed by atoms with van der Waals surface area (Å²) in [6, 6.07) is 7.55. The monoisotopic (exact) mass is 444 g/mol. The molecule has 3 saturated carbocycles. The van der Waals surface area contributed by atoms with Crippen LogP contribution in [0, 0.1) is 29.6 Å². The number of imide groups is 1. The number of rotatable bonds is 3. The second-order valence-corrected chi connectivity index (χ2v) is 9.85. The van der Waals surface area contributed by atoms with Crippen molar-refractivity contribution in [3.8, 4) is 0 Å². The average Bonchev–Trinajstić information content (AvgIpc) is 3.38. The lowest BCUT2D eigenvalue weighted by atomic mass is 9.81. The molecule has 4 aliphatic rings. The van der Waals surface area contributed by atoms with Crippen molar-refractivity contribution in [1.29, 1.82) is 0 Å². The van der Waals surface area contributed by atoms with E-state index in [1.165, 1.54) is 0 Å². The van der Waals surface area contributed by atoms with Gasteiger partial charge in [-0.3, -0.25) is 19.3 Å². The van der Waals surface area contributed by atoms with Crippen LogP contribution in [0.15, 0.2) is 28.7 Å². The van der Waals surface area contributed by atoms with Gasteiger partial charge >= 0.3 is 0 Å². The van der Waals surface area contributed by atoms with Gasteiger partial charge in [0.05, 0.1) is 11.8 Å². The fourth-order valence-corrected chi connectivity index (χ4v) is 6.43. The number of hydrogen-bond acceptors (Lipinski definition) is 3. The minimum atomic E-state index is -0.0524. The Morgan fingerprint density at radius 2 is 1.46 bits per heavy atom. The molecule has 1 N–H and O–H groups in total. The highest BCUT2D eigenvalue weighted by Gasteiger charge is 2.61. The fourth-order valence-electron chi connectivity index (χ4n) is 6.17. The molecule has 1 saturated heterocycles. The molecule has 0 radical (unpaired) electrons. The molecule has 6 heteroatoms. The van der Waals surface area contributed by atoms with Crippen molar-refractivity contribution in [2.24, 2.45) is 29.6 Å². The molecule has 3 aliphatic carbocycles. The standard InChI is InChI=1S/C22H25BrN2O3/c23-15-5-7-16(8-6-15)24-20(26)12-3-9-17(10-4-12)25-21(27)18-13-1-2-14(11-13)19(18)22(25)28/h5-8,12-14,17-19H,1-4,9-11H2,(H,24,26)/t12?,13-,14+,17?,18-,19-/m0/s1. The molecule has 0 unspecified atom stereocenters. The molecule has 1 aromatic rings. The number of amides is 3. The third-order valence-corrected chi connectivity index (χ3v) is 8.03. The molecule has 28 heavy (non-hydrogen) atoms. The highest BCUT2D eigenvalue weighted by molar-refractivity contribution is 9.10. The van der Waals surface area contributed by atoms with Crippen LogP contribution in [-0.4, -0.2) is 28.7 Å². The van der Waals surface area contributed by atoms with Gasteiger partial charge in [-0.2, -0.15) is 0 Å². The van der Waals surface area contributed by atoms with Gasteiger partial charge in [-0.1, -0.05) is 15.9 Å². The summed E-state index contributed by atoms with van der Waals surface area (Å²) in [7, 11) is 0. The van der Waals surface area contributed by atoms with Gasteiger partial charge in [-0.25, -0.2) is 0 Å². The van der Waals surface area contributed by atoms with Crippen LogP contribution in [0.3, 0.4) is 0 Å². The van der Waals surface area contributed by atoms with Gasteiger partial charge < -0.3 is 5.32 Å². The SMILES string of the molecule is O=C(Nc1ccc(Br)cc1)C1CCC(N2C(=O)[C@H]3[C@@H]4CC[C@@H](C4)[C@@H]3C2=O)CC1. The van der Waals surface area contributed by atoms with E-state index in [1.807, 2.05) is 24.3 Å². The van der Waals surface area contributed by atoms with E-state index in [9.17, 15) is 14.4 Å². The Kier molecular flexibility index (Phi) is 4.57. The van der Waals surface area contributed by atoms with E-state index in [1.54, 1.807) is 4.90 Å². The molecule has 0 spiro atoms. The quantitative estimate of drug-likeness (QED) is 0.716. The predicted octanol–water partition coefficient (Wildman–Crippen LogP) is 3.98. The summed E-state index contributed by atoms with van der Waals surface area (Å²) in [5.74, 6) is 0.955. The van der Waals surface area contributed by atoms with Crippen LogP contribution in [-0.2, 0) is 14.4 Å². The van der Waals surface area contributed by atoms with E-state index in [4.69, 9.17) is 0 Å². The molecule has 5 nitrogen and oxygen atoms in total. The lowest BCUT2D eigenvalue weighted by Gasteiger charge is -2.33. The summed E-state index contributed by atoms with van der Waals surface area (Å²) < 4.78 is 0.976. The summed E-state index contributed by atoms with van der Waals surface area (Å²) in [6.07, 6.45) is 6.24. The Bertz CT molecular complexity index is 788. The average molecular weight is 445 g/mol. The van der Waals surface area contributed by atoms with Crippen molar-refractivity contribution in [2.45, 2.75) is 51.0 Å². The van der Waals surface area contributed by atoms with E-state index in [0.717, 1.165) is 55.1 Å². The van der Waals surface area contributed by atoms with Crippen LogP contribution < -0.4 is 5.32 Å². The molecular formula is C22H25BrN2O3. The second-order valence-electron chi connectivity index (χ2n) is 8.93. The molecular weight excluding hydrogens is 420 g/mol. The summed E-state index contributed by atoms with van der Waals surface area (Å²) in [5.41, 5.74) is 0.795. The first-order valence-electron chi connectivity index (χ1n) is 10.5. The maximum Gasteiger partial charge on any atom is 0.233 e. The maximum absolute atomic E-state index is 13.0. The molecule has 0 aromatic heterocycles. The molecule has 4 atom stereocenters. The third-order valence-electron chi connectivity index (χ3n) is 7.51. The van der Waals surface area contributed by atoms with E-state index in [0.29, 0.717) is 11.8 Å². The Morgan fingerprint density at radius 1 is 0.893 bits per heavy atom. The van der Waals surface area contributed by atoms with Crippen molar-refractivity contribution >= 4 is 39.3 Å². The highest BCUT2D eigenvalue weighted by Crippen LogP contribution is 2.56.